The summed E-state index contributed by atoms with van der Waals surface area (Å²) in [4.78, 5) is 41.3. The van der Waals surface area contributed by atoms with Crippen LogP contribution in [0.1, 0.15) is 44.6 Å². The Labute approximate surface area is 200 Å². The summed E-state index contributed by atoms with van der Waals surface area (Å²) < 4.78 is 10.5. The number of amides is 2. The zero-order valence-corrected chi connectivity index (χ0v) is 18.5. The van der Waals surface area contributed by atoms with Crippen molar-refractivity contribution < 1.29 is 23.5 Å². The number of carbonyl (C=O) groups excluding carboxylic acids is 3. The van der Waals surface area contributed by atoms with E-state index in [0.29, 0.717) is 5.69 Å². The van der Waals surface area contributed by atoms with Crippen LogP contribution in [-0.2, 0) is 9.59 Å². The zero-order chi connectivity index (χ0) is 23.7. The first kappa shape index (κ1) is 20.0. The first-order valence-electron chi connectivity index (χ1n) is 11.5. The molecule has 1 aliphatic heterocycles. The highest BCUT2D eigenvalue weighted by Gasteiger charge is 2.61. The van der Waals surface area contributed by atoms with Gasteiger partial charge in [0.05, 0.1) is 23.8 Å². The number of rotatable bonds is 3. The molecule has 1 aromatic heterocycles. The second-order valence-electron chi connectivity index (χ2n) is 9.14. The van der Waals surface area contributed by atoms with Crippen molar-refractivity contribution in [3.8, 4) is 5.75 Å². The maximum atomic E-state index is 13.9. The van der Waals surface area contributed by atoms with Gasteiger partial charge in [0.25, 0.3) is 0 Å². The molecule has 8 rings (SSSR count). The predicted molar refractivity (Wildman–Crippen MR) is 126 cm³/mol. The lowest BCUT2D eigenvalue weighted by Crippen LogP contribution is -2.41. The smallest absolute Gasteiger partial charge is 0.379 e. The summed E-state index contributed by atoms with van der Waals surface area (Å²) >= 11 is 0. The Morgan fingerprint density at radius 2 is 1.29 bits per heavy atom. The van der Waals surface area contributed by atoms with Crippen LogP contribution in [-0.4, -0.2) is 17.8 Å². The summed E-state index contributed by atoms with van der Waals surface area (Å²) in [6.45, 7) is 0. The van der Waals surface area contributed by atoms with Crippen molar-refractivity contribution in [2.75, 3.05) is 4.90 Å². The molecule has 2 bridgehead atoms. The highest BCUT2D eigenvalue weighted by atomic mass is 16.5. The Hall–Kier alpha value is -4.45. The molecule has 1 saturated heterocycles. The summed E-state index contributed by atoms with van der Waals surface area (Å²) in [5.74, 6) is -2.04. The minimum Gasteiger partial charge on any atom is -0.457 e. The van der Waals surface area contributed by atoms with Gasteiger partial charge in [-0.3, -0.25) is 9.59 Å². The summed E-state index contributed by atoms with van der Waals surface area (Å²) in [6.07, 6.45) is 1.39. The van der Waals surface area contributed by atoms with Gasteiger partial charge in [0, 0.05) is 17.9 Å². The lowest BCUT2D eigenvalue weighted by atomic mass is 9.55. The molecule has 6 heteroatoms. The second-order valence-corrected chi connectivity index (χ2v) is 9.14. The van der Waals surface area contributed by atoms with E-state index >= 15 is 0 Å². The molecule has 0 saturated carbocycles. The lowest BCUT2D eigenvalue weighted by molar-refractivity contribution is -0.122. The van der Waals surface area contributed by atoms with Gasteiger partial charge >= 0.3 is 5.97 Å². The number of furan rings is 1. The minimum absolute atomic E-state index is 0.0712. The average molecular weight is 461 g/mol. The van der Waals surface area contributed by atoms with Crippen molar-refractivity contribution in [3.05, 3.63) is 119 Å². The predicted octanol–water partition coefficient (Wildman–Crippen LogP) is 4.90. The van der Waals surface area contributed by atoms with Gasteiger partial charge in [-0.25, -0.2) is 9.69 Å². The van der Waals surface area contributed by atoms with Crippen LogP contribution < -0.4 is 9.64 Å². The largest absolute Gasteiger partial charge is 0.457 e. The van der Waals surface area contributed by atoms with Crippen LogP contribution in [0.2, 0.25) is 0 Å². The van der Waals surface area contributed by atoms with Gasteiger partial charge < -0.3 is 9.15 Å². The Morgan fingerprint density at radius 3 is 1.80 bits per heavy atom. The Kier molecular flexibility index (Phi) is 4.15. The summed E-state index contributed by atoms with van der Waals surface area (Å²) in [7, 11) is 0. The monoisotopic (exact) mass is 461 g/mol. The van der Waals surface area contributed by atoms with E-state index in [-0.39, 0.29) is 35.2 Å². The molecule has 6 nitrogen and oxygen atoms in total. The normalized spacial score (nSPS) is 23.6. The fraction of sp³-hybridized carbons (Fsp3) is 0.138. The fourth-order valence-corrected chi connectivity index (χ4v) is 6.17. The Morgan fingerprint density at radius 1 is 0.714 bits per heavy atom. The zero-order valence-electron chi connectivity index (χ0n) is 18.5. The molecule has 0 unspecified atom stereocenters. The number of carbonyl (C=O) groups is 3. The molecule has 35 heavy (non-hydrogen) atoms. The number of hydrogen-bond donors (Lipinski definition) is 0. The van der Waals surface area contributed by atoms with Gasteiger partial charge in [0.15, 0.2) is 0 Å². The molecule has 0 N–H and O–H groups in total. The summed E-state index contributed by atoms with van der Waals surface area (Å²) in [5.41, 5.74) is 4.90. The van der Waals surface area contributed by atoms with Crippen LogP contribution in [0.3, 0.4) is 0 Å². The second kappa shape index (κ2) is 7.27. The van der Waals surface area contributed by atoms with Crippen LogP contribution in [0.15, 0.2) is 95.6 Å². The van der Waals surface area contributed by atoms with E-state index in [1.165, 1.54) is 17.2 Å². The van der Waals surface area contributed by atoms with Crippen molar-refractivity contribution in [2.45, 2.75) is 11.8 Å². The molecule has 2 heterocycles. The van der Waals surface area contributed by atoms with E-state index in [0.717, 1.165) is 22.3 Å². The van der Waals surface area contributed by atoms with Crippen molar-refractivity contribution in [2.24, 2.45) is 11.8 Å². The van der Waals surface area contributed by atoms with Crippen LogP contribution in [0.4, 0.5) is 5.69 Å². The molecule has 3 aliphatic carbocycles. The molecule has 3 aromatic carbocycles. The van der Waals surface area contributed by atoms with E-state index in [2.05, 4.69) is 24.3 Å². The van der Waals surface area contributed by atoms with Crippen LogP contribution in [0.5, 0.6) is 5.75 Å². The number of imide groups is 1. The van der Waals surface area contributed by atoms with Crippen LogP contribution in [0, 0.1) is 11.8 Å². The van der Waals surface area contributed by atoms with Gasteiger partial charge in [-0.15, -0.1) is 0 Å². The van der Waals surface area contributed by atoms with E-state index in [1.807, 2.05) is 24.3 Å². The van der Waals surface area contributed by atoms with E-state index < -0.39 is 17.8 Å². The third kappa shape index (κ3) is 2.74. The van der Waals surface area contributed by atoms with Gasteiger partial charge in [0.1, 0.15) is 5.75 Å². The maximum absolute atomic E-state index is 13.9. The summed E-state index contributed by atoms with van der Waals surface area (Å²) in [6, 6.07) is 25.9. The molecule has 0 spiro atoms. The molecular formula is C29H19NO5. The van der Waals surface area contributed by atoms with Crippen molar-refractivity contribution in [3.63, 3.8) is 0 Å². The molecule has 4 aliphatic rings. The lowest BCUT2D eigenvalue weighted by Gasteiger charge is -2.45. The van der Waals surface area contributed by atoms with Crippen LogP contribution in [0.25, 0.3) is 0 Å². The number of anilines is 1. The van der Waals surface area contributed by atoms with E-state index in [1.54, 1.807) is 30.3 Å². The van der Waals surface area contributed by atoms with E-state index in [4.69, 9.17) is 9.15 Å². The highest BCUT2D eigenvalue weighted by Crippen LogP contribution is 2.61. The van der Waals surface area contributed by atoms with Gasteiger partial charge in [0.2, 0.25) is 17.6 Å². The average Bonchev–Trinajstić information content (AvgIpc) is 3.52. The minimum atomic E-state index is -0.649. The van der Waals surface area contributed by atoms with Gasteiger partial charge in [-0.1, -0.05) is 54.6 Å². The number of nitrogens with zero attached hydrogens (tertiary/aromatic N) is 1. The molecule has 2 atom stereocenters. The first-order valence-corrected chi connectivity index (χ1v) is 11.5. The molecule has 2 amide bonds. The molecule has 0 radical (unpaired) electrons. The third-order valence-electron chi connectivity index (χ3n) is 7.46. The molecular weight excluding hydrogens is 442 g/mol. The molecule has 170 valence electrons. The molecule has 1 fully saturated rings. The number of esters is 1. The maximum Gasteiger partial charge on any atom is 0.379 e. The highest BCUT2D eigenvalue weighted by molar-refractivity contribution is 6.23. The number of ether oxygens (including phenoxy) is 1. The summed E-state index contributed by atoms with van der Waals surface area (Å²) in [5, 5.41) is 0. The Bertz CT molecular complexity index is 1410. The molecule has 4 aromatic rings. The van der Waals surface area contributed by atoms with E-state index in [9.17, 15) is 14.4 Å². The standard InChI is InChI=1S/C29H19NO5/c31-27-25-23-18-9-1-2-10-19(18)24(21-12-4-3-11-20(21)23)26(25)28(32)30(27)16-7-5-8-17(15-16)35-29(33)22-13-6-14-34-22/h1-15,23-26H/t23?,24?,25-,26+. The van der Waals surface area contributed by atoms with Crippen molar-refractivity contribution in [1.82, 2.24) is 0 Å². The quantitative estimate of drug-likeness (QED) is 0.247. The first-order chi connectivity index (χ1) is 17.1. The number of benzene rings is 3. The number of hydrogen-bond acceptors (Lipinski definition) is 5. The SMILES string of the molecule is O=C(Oc1cccc(N2C(=O)[C@@H]3C4c5ccccc5C(c5ccccc54)[C@@H]3C2=O)c1)c1ccco1. The van der Waals surface area contributed by atoms with Crippen LogP contribution >= 0.6 is 0 Å². The third-order valence-corrected chi connectivity index (χ3v) is 7.46. The van der Waals surface area contributed by atoms with Crippen molar-refractivity contribution in [1.29, 1.82) is 0 Å². The van der Waals surface area contributed by atoms with Gasteiger partial charge in [-0.2, -0.15) is 0 Å². The van der Waals surface area contributed by atoms with Crippen molar-refractivity contribution >= 4 is 23.5 Å². The fourth-order valence-electron chi connectivity index (χ4n) is 6.17. The van der Waals surface area contributed by atoms with Gasteiger partial charge in [-0.05, 0) is 46.5 Å². The Balaban J connectivity index is 1.29. The topological polar surface area (TPSA) is 76.8 Å².